The Hall–Kier alpha value is -2.02. The van der Waals surface area contributed by atoms with Gasteiger partial charge in [0.05, 0.1) is 24.1 Å². The molecule has 1 saturated heterocycles. The second-order valence-corrected chi connectivity index (χ2v) is 6.21. The fraction of sp³-hybridized carbons (Fsp3) is 0.500. The van der Waals surface area contributed by atoms with E-state index in [1.807, 2.05) is 43.0 Å². The number of rotatable bonds is 2. The molecule has 3 rings (SSSR count). The van der Waals surface area contributed by atoms with E-state index < -0.39 is 5.41 Å². The van der Waals surface area contributed by atoms with Gasteiger partial charge in [0.25, 0.3) is 0 Å². The molecule has 1 aromatic rings. The smallest absolute Gasteiger partial charge is 0.229 e. The standard InChI is InChI=1S/C16H18N2O2/c1-16(2,7-8-17)15(19)18-10-11-9-13(18)12-5-3-4-6-14(12)20-11/h3-6,11,13H,7,9-10H2,1-2H3/t11-,13-/m0/s1. The largest absolute Gasteiger partial charge is 0.488 e. The summed E-state index contributed by atoms with van der Waals surface area (Å²) in [6, 6.07) is 10.1. The minimum atomic E-state index is -0.638. The van der Waals surface area contributed by atoms with Gasteiger partial charge in [-0.1, -0.05) is 32.0 Å². The van der Waals surface area contributed by atoms with Gasteiger partial charge in [0.15, 0.2) is 0 Å². The molecule has 0 aliphatic carbocycles. The van der Waals surface area contributed by atoms with E-state index in [0.29, 0.717) is 6.54 Å². The topological polar surface area (TPSA) is 53.3 Å². The summed E-state index contributed by atoms with van der Waals surface area (Å²) in [5.74, 6) is 0.939. The minimum absolute atomic E-state index is 0.0480. The lowest BCUT2D eigenvalue weighted by molar-refractivity contribution is -0.141. The molecule has 2 aliphatic heterocycles. The summed E-state index contributed by atoms with van der Waals surface area (Å²) in [5, 5.41) is 8.89. The van der Waals surface area contributed by atoms with Gasteiger partial charge in [-0.3, -0.25) is 4.79 Å². The molecule has 2 atom stereocenters. The Labute approximate surface area is 118 Å². The summed E-state index contributed by atoms with van der Waals surface area (Å²) in [6.07, 6.45) is 1.17. The first-order chi connectivity index (χ1) is 9.53. The summed E-state index contributed by atoms with van der Waals surface area (Å²) >= 11 is 0. The van der Waals surface area contributed by atoms with Crippen molar-refractivity contribution in [2.75, 3.05) is 6.54 Å². The van der Waals surface area contributed by atoms with Gasteiger partial charge in [-0.15, -0.1) is 0 Å². The lowest BCUT2D eigenvalue weighted by Crippen LogP contribution is -2.40. The highest BCUT2D eigenvalue weighted by molar-refractivity contribution is 5.83. The highest BCUT2D eigenvalue weighted by Gasteiger charge is 2.45. The highest BCUT2D eigenvalue weighted by Crippen LogP contribution is 2.44. The van der Waals surface area contributed by atoms with Crippen LogP contribution < -0.4 is 4.74 Å². The van der Waals surface area contributed by atoms with E-state index >= 15 is 0 Å². The first-order valence-corrected chi connectivity index (χ1v) is 6.96. The van der Waals surface area contributed by atoms with Gasteiger partial charge < -0.3 is 9.64 Å². The third-order valence-corrected chi connectivity index (χ3v) is 4.20. The number of ether oxygens (including phenoxy) is 1. The number of likely N-dealkylation sites (tertiary alicyclic amines) is 1. The fourth-order valence-corrected chi connectivity index (χ4v) is 3.11. The van der Waals surface area contributed by atoms with Gasteiger partial charge in [-0.05, 0) is 6.07 Å². The molecule has 1 amide bonds. The zero-order valence-electron chi connectivity index (χ0n) is 11.8. The molecule has 4 heteroatoms. The van der Waals surface area contributed by atoms with Crippen LogP contribution in [0.5, 0.6) is 5.75 Å². The van der Waals surface area contributed by atoms with Crippen molar-refractivity contribution in [3.05, 3.63) is 29.8 Å². The Morgan fingerprint density at radius 1 is 1.50 bits per heavy atom. The Morgan fingerprint density at radius 2 is 2.25 bits per heavy atom. The van der Waals surface area contributed by atoms with Crippen molar-refractivity contribution in [1.29, 1.82) is 5.26 Å². The number of nitrogens with zero attached hydrogens (tertiary/aromatic N) is 2. The van der Waals surface area contributed by atoms with Crippen molar-refractivity contribution in [3.63, 3.8) is 0 Å². The Kier molecular flexibility index (Phi) is 2.93. The quantitative estimate of drug-likeness (QED) is 0.830. The number of hydrogen-bond acceptors (Lipinski definition) is 3. The average molecular weight is 270 g/mol. The van der Waals surface area contributed by atoms with Gasteiger partial charge in [0, 0.05) is 18.4 Å². The number of benzene rings is 1. The molecule has 20 heavy (non-hydrogen) atoms. The van der Waals surface area contributed by atoms with Crippen molar-refractivity contribution < 1.29 is 9.53 Å². The molecule has 2 bridgehead atoms. The Morgan fingerprint density at radius 3 is 3.00 bits per heavy atom. The van der Waals surface area contributed by atoms with Crippen LogP contribution in [0.2, 0.25) is 0 Å². The average Bonchev–Trinajstić information content (AvgIpc) is 2.76. The van der Waals surface area contributed by atoms with Crippen molar-refractivity contribution in [2.24, 2.45) is 5.41 Å². The van der Waals surface area contributed by atoms with E-state index in [-0.39, 0.29) is 24.5 Å². The van der Waals surface area contributed by atoms with E-state index in [1.54, 1.807) is 0 Å². The molecule has 4 nitrogen and oxygen atoms in total. The molecule has 0 spiro atoms. The predicted octanol–water partition coefficient (Wildman–Crippen LogP) is 2.66. The summed E-state index contributed by atoms with van der Waals surface area (Å²) in [4.78, 5) is 14.6. The van der Waals surface area contributed by atoms with Crippen molar-refractivity contribution in [3.8, 4) is 11.8 Å². The zero-order chi connectivity index (χ0) is 14.3. The lowest BCUT2D eigenvalue weighted by atomic mass is 9.87. The van der Waals surface area contributed by atoms with E-state index in [1.165, 1.54) is 0 Å². The zero-order valence-corrected chi connectivity index (χ0v) is 11.8. The normalized spacial score (nSPS) is 23.8. The third-order valence-electron chi connectivity index (χ3n) is 4.20. The lowest BCUT2D eigenvalue weighted by Gasteiger charge is -2.32. The molecule has 2 aliphatic rings. The van der Waals surface area contributed by atoms with Crippen LogP contribution in [0, 0.1) is 16.7 Å². The molecule has 0 N–H and O–H groups in total. The van der Waals surface area contributed by atoms with E-state index in [0.717, 1.165) is 17.7 Å². The van der Waals surface area contributed by atoms with Crippen LogP contribution in [-0.4, -0.2) is 23.5 Å². The van der Waals surface area contributed by atoms with Crippen LogP contribution >= 0.6 is 0 Å². The summed E-state index contributed by atoms with van der Waals surface area (Å²) in [7, 11) is 0. The molecule has 0 aromatic heterocycles. The summed E-state index contributed by atoms with van der Waals surface area (Å²) < 4.78 is 5.92. The van der Waals surface area contributed by atoms with Gasteiger partial charge in [0.2, 0.25) is 5.91 Å². The van der Waals surface area contributed by atoms with E-state index in [9.17, 15) is 4.79 Å². The van der Waals surface area contributed by atoms with Crippen LogP contribution in [0.4, 0.5) is 0 Å². The Balaban J connectivity index is 1.91. The third kappa shape index (κ3) is 1.94. The first kappa shape index (κ1) is 13.0. The van der Waals surface area contributed by atoms with Gasteiger partial charge >= 0.3 is 0 Å². The molecular formula is C16H18N2O2. The van der Waals surface area contributed by atoms with Crippen LogP contribution in [-0.2, 0) is 4.79 Å². The molecule has 104 valence electrons. The number of carbonyl (C=O) groups is 1. The van der Waals surface area contributed by atoms with Crippen molar-refractivity contribution >= 4 is 5.91 Å². The maximum absolute atomic E-state index is 12.7. The van der Waals surface area contributed by atoms with Crippen LogP contribution in [0.1, 0.15) is 38.3 Å². The van der Waals surface area contributed by atoms with Crippen molar-refractivity contribution in [1.82, 2.24) is 4.90 Å². The second-order valence-electron chi connectivity index (χ2n) is 6.21. The highest BCUT2D eigenvalue weighted by atomic mass is 16.5. The second kappa shape index (κ2) is 4.52. The van der Waals surface area contributed by atoms with Gasteiger partial charge in [-0.2, -0.15) is 5.26 Å². The SMILES string of the molecule is CC(C)(CC#N)C(=O)N1C[C@@H]2C[C@H]1c1ccccc1O2. The number of amides is 1. The predicted molar refractivity (Wildman–Crippen MR) is 73.9 cm³/mol. The molecule has 1 fully saturated rings. The number of carbonyl (C=O) groups excluding carboxylic acids is 1. The first-order valence-electron chi connectivity index (χ1n) is 6.96. The Bertz CT molecular complexity index is 588. The fourth-order valence-electron chi connectivity index (χ4n) is 3.11. The number of hydrogen-bond donors (Lipinski definition) is 0. The molecule has 0 radical (unpaired) electrons. The molecular weight excluding hydrogens is 252 g/mol. The van der Waals surface area contributed by atoms with Crippen molar-refractivity contribution in [2.45, 2.75) is 38.8 Å². The van der Waals surface area contributed by atoms with E-state index in [2.05, 4.69) is 6.07 Å². The minimum Gasteiger partial charge on any atom is -0.488 e. The molecule has 0 saturated carbocycles. The maximum atomic E-state index is 12.7. The number of fused-ring (bicyclic) bond motifs is 4. The van der Waals surface area contributed by atoms with Crippen LogP contribution in [0.3, 0.4) is 0 Å². The monoisotopic (exact) mass is 270 g/mol. The number of para-hydroxylation sites is 1. The van der Waals surface area contributed by atoms with Gasteiger partial charge in [-0.25, -0.2) is 0 Å². The number of nitriles is 1. The van der Waals surface area contributed by atoms with Crippen LogP contribution in [0.15, 0.2) is 24.3 Å². The molecule has 1 aromatic carbocycles. The molecule has 0 unspecified atom stereocenters. The maximum Gasteiger partial charge on any atom is 0.229 e. The van der Waals surface area contributed by atoms with Crippen LogP contribution in [0.25, 0.3) is 0 Å². The van der Waals surface area contributed by atoms with Gasteiger partial charge in [0.1, 0.15) is 11.9 Å². The molecule has 2 heterocycles. The van der Waals surface area contributed by atoms with E-state index in [4.69, 9.17) is 10.00 Å². The summed E-state index contributed by atoms with van der Waals surface area (Å²) in [6.45, 7) is 4.30. The summed E-state index contributed by atoms with van der Waals surface area (Å²) in [5.41, 5.74) is 0.448.